The van der Waals surface area contributed by atoms with Gasteiger partial charge < -0.3 is 18.9 Å². The molecule has 0 aliphatic heterocycles. The van der Waals surface area contributed by atoms with Gasteiger partial charge in [0.25, 0.3) is 0 Å². The molecule has 126 valence electrons. The van der Waals surface area contributed by atoms with Gasteiger partial charge in [-0.3, -0.25) is 0 Å². The fourth-order valence-electron chi connectivity index (χ4n) is 2.16. The van der Waals surface area contributed by atoms with Gasteiger partial charge in [-0.05, 0) is 28.8 Å². The Labute approximate surface area is 142 Å². The number of hydrogen-bond donors (Lipinski definition) is 0. The molecule has 5 nitrogen and oxygen atoms in total. The molecular formula is C19H21NO4. The molecule has 0 fully saturated rings. The average molecular weight is 327 g/mol. The monoisotopic (exact) mass is 327 g/mol. The van der Waals surface area contributed by atoms with E-state index in [4.69, 9.17) is 18.9 Å². The molecule has 0 aliphatic carbocycles. The van der Waals surface area contributed by atoms with E-state index in [9.17, 15) is 0 Å². The van der Waals surface area contributed by atoms with E-state index < -0.39 is 0 Å². The van der Waals surface area contributed by atoms with E-state index in [0.717, 1.165) is 16.7 Å². The maximum Gasteiger partial charge on any atom is 0.216 e. The van der Waals surface area contributed by atoms with Crippen molar-refractivity contribution in [2.24, 2.45) is 0 Å². The van der Waals surface area contributed by atoms with Crippen molar-refractivity contribution >= 4 is 5.57 Å². The van der Waals surface area contributed by atoms with Crippen LogP contribution in [-0.2, 0) is 0 Å². The summed E-state index contributed by atoms with van der Waals surface area (Å²) in [6, 6.07) is 9.25. The number of nitrogens with zero attached hydrogens (tertiary/aromatic N) is 1. The van der Waals surface area contributed by atoms with Gasteiger partial charge in [0, 0.05) is 12.1 Å². The molecule has 0 unspecified atom stereocenters. The number of hydrogen-bond acceptors (Lipinski definition) is 5. The van der Waals surface area contributed by atoms with Gasteiger partial charge in [-0.25, -0.2) is 0 Å². The van der Waals surface area contributed by atoms with Gasteiger partial charge in [0.05, 0.1) is 21.3 Å². The van der Waals surface area contributed by atoms with Crippen LogP contribution in [-0.4, -0.2) is 32.9 Å². The van der Waals surface area contributed by atoms with Gasteiger partial charge >= 0.3 is 0 Å². The van der Waals surface area contributed by atoms with Crippen LogP contribution in [0.4, 0.5) is 0 Å². The Kier molecular flexibility index (Phi) is 5.84. The van der Waals surface area contributed by atoms with Crippen LogP contribution in [0.5, 0.6) is 23.3 Å². The molecular weight excluding hydrogens is 306 g/mol. The van der Waals surface area contributed by atoms with Crippen LogP contribution < -0.4 is 18.9 Å². The first-order valence-electron chi connectivity index (χ1n) is 7.34. The fraction of sp³-hybridized carbons (Fsp3) is 0.211. The Hall–Kier alpha value is -2.95. The number of rotatable bonds is 8. The normalized spacial score (nSPS) is 9.96. The smallest absolute Gasteiger partial charge is 0.216 e. The molecule has 0 N–H and O–H groups in total. The maximum absolute atomic E-state index is 5.65. The molecule has 0 radical (unpaired) electrons. The number of methoxy groups -OCH3 is 3. The first-order valence-corrected chi connectivity index (χ1v) is 7.34. The maximum atomic E-state index is 5.65. The molecule has 2 rings (SSSR count). The van der Waals surface area contributed by atoms with E-state index in [-0.39, 0.29) is 0 Å². The molecule has 1 aromatic carbocycles. The number of benzene rings is 1. The second-order valence-electron chi connectivity index (χ2n) is 4.88. The number of pyridine rings is 1. The predicted octanol–water partition coefficient (Wildman–Crippen LogP) is 3.73. The third-order valence-corrected chi connectivity index (χ3v) is 3.41. The van der Waals surface area contributed by atoms with E-state index in [1.54, 1.807) is 39.5 Å². The van der Waals surface area contributed by atoms with Gasteiger partial charge in [-0.1, -0.05) is 25.3 Å². The van der Waals surface area contributed by atoms with E-state index in [1.807, 2.05) is 18.2 Å². The molecule has 1 aromatic heterocycles. The molecule has 0 amide bonds. The second kappa shape index (κ2) is 8.06. The van der Waals surface area contributed by atoms with Crippen molar-refractivity contribution in [2.75, 3.05) is 27.9 Å². The zero-order valence-electron chi connectivity index (χ0n) is 14.2. The average Bonchev–Trinajstić information content (AvgIpc) is 2.64. The summed E-state index contributed by atoms with van der Waals surface area (Å²) in [4.78, 5) is 4.19. The Balaban J connectivity index is 2.40. The van der Waals surface area contributed by atoms with Crippen molar-refractivity contribution in [1.82, 2.24) is 4.98 Å². The Bertz CT molecular complexity index is 718. The van der Waals surface area contributed by atoms with E-state index >= 15 is 0 Å². The van der Waals surface area contributed by atoms with Crippen LogP contribution in [0.3, 0.4) is 0 Å². The Morgan fingerprint density at radius 3 is 2.17 bits per heavy atom. The topological polar surface area (TPSA) is 49.8 Å². The first-order chi connectivity index (χ1) is 11.6. The Morgan fingerprint density at radius 2 is 1.62 bits per heavy atom. The van der Waals surface area contributed by atoms with Crippen LogP contribution in [0, 0.1) is 0 Å². The molecule has 0 spiro atoms. The van der Waals surface area contributed by atoms with Gasteiger partial charge in [0.2, 0.25) is 11.8 Å². The fourth-order valence-corrected chi connectivity index (χ4v) is 2.16. The zero-order chi connectivity index (χ0) is 17.5. The molecule has 0 atom stereocenters. The van der Waals surface area contributed by atoms with Crippen LogP contribution in [0.2, 0.25) is 0 Å². The highest BCUT2D eigenvalue weighted by Gasteiger charge is 2.11. The Morgan fingerprint density at radius 1 is 0.958 bits per heavy atom. The minimum absolute atomic E-state index is 0.392. The third-order valence-electron chi connectivity index (χ3n) is 3.41. The van der Waals surface area contributed by atoms with Crippen molar-refractivity contribution < 1.29 is 18.9 Å². The van der Waals surface area contributed by atoms with Crippen molar-refractivity contribution in [3.05, 3.63) is 60.7 Å². The molecule has 2 aromatic rings. The predicted molar refractivity (Wildman–Crippen MR) is 94.2 cm³/mol. The highest BCUT2D eigenvalue weighted by Crippen LogP contribution is 2.33. The summed E-state index contributed by atoms with van der Waals surface area (Å²) in [6.45, 7) is 8.22. The van der Waals surface area contributed by atoms with Gasteiger partial charge in [-0.2, -0.15) is 4.98 Å². The van der Waals surface area contributed by atoms with Crippen molar-refractivity contribution in [3.8, 4) is 23.3 Å². The summed E-state index contributed by atoms with van der Waals surface area (Å²) in [6.07, 6.45) is 1.68. The SMILES string of the molecule is C=CCOc1cc(C(=C)c2cc(OC)nc(OC)c2)ccc1OC. The third kappa shape index (κ3) is 3.87. The van der Waals surface area contributed by atoms with Crippen LogP contribution in [0.15, 0.2) is 49.6 Å². The summed E-state index contributed by atoms with van der Waals surface area (Å²) in [5.74, 6) is 2.20. The molecule has 5 heteroatoms. The molecule has 0 bridgehead atoms. The summed E-state index contributed by atoms with van der Waals surface area (Å²) in [7, 11) is 4.72. The van der Waals surface area contributed by atoms with Crippen LogP contribution in [0.25, 0.3) is 5.57 Å². The van der Waals surface area contributed by atoms with E-state index in [1.165, 1.54) is 0 Å². The molecule has 1 heterocycles. The minimum atomic E-state index is 0.392. The number of ether oxygens (including phenoxy) is 4. The van der Waals surface area contributed by atoms with Crippen LogP contribution >= 0.6 is 0 Å². The zero-order valence-corrected chi connectivity index (χ0v) is 14.2. The van der Waals surface area contributed by atoms with Gasteiger partial charge in [0.15, 0.2) is 11.5 Å². The summed E-state index contributed by atoms with van der Waals surface area (Å²) >= 11 is 0. The number of aromatic nitrogens is 1. The highest BCUT2D eigenvalue weighted by molar-refractivity contribution is 5.80. The first kappa shape index (κ1) is 17.4. The van der Waals surface area contributed by atoms with Crippen LogP contribution in [0.1, 0.15) is 11.1 Å². The quantitative estimate of drug-likeness (QED) is 0.691. The summed E-state index contributed by atoms with van der Waals surface area (Å²) in [5, 5.41) is 0. The molecule has 0 saturated heterocycles. The standard InChI is InChI=1S/C19H21NO4/c1-6-9-24-17-10-14(7-8-16(17)21-3)13(2)15-11-18(22-4)20-19(12-15)23-5/h6-8,10-12H,1-2,9H2,3-5H3. The second-order valence-corrected chi connectivity index (χ2v) is 4.88. The summed E-state index contributed by atoms with van der Waals surface area (Å²) in [5.41, 5.74) is 2.53. The lowest BCUT2D eigenvalue weighted by atomic mass is 10.00. The lowest BCUT2D eigenvalue weighted by Gasteiger charge is -2.14. The molecule has 0 aliphatic rings. The van der Waals surface area contributed by atoms with Crippen molar-refractivity contribution in [2.45, 2.75) is 0 Å². The highest BCUT2D eigenvalue weighted by atomic mass is 16.5. The van der Waals surface area contributed by atoms with Gasteiger partial charge in [-0.15, -0.1) is 0 Å². The van der Waals surface area contributed by atoms with Crippen molar-refractivity contribution in [1.29, 1.82) is 0 Å². The minimum Gasteiger partial charge on any atom is -0.493 e. The van der Waals surface area contributed by atoms with Crippen molar-refractivity contribution in [3.63, 3.8) is 0 Å². The lowest BCUT2D eigenvalue weighted by Crippen LogP contribution is -1.98. The largest absolute Gasteiger partial charge is 0.493 e. The molecule has 24 heavy (non-hydrogen) atoms. The summed E-state index contributed by atoms with van der Waals surface area (Å²) < 4.78 is 21.4. The van der Waals surface area contributed by atoms with E-state index in [2.05, 4.69) is 18.1 Å². The lowest BCUT2D eigenvalue weighted by molar-refractivity contribution is 0.326. The molecule has 0 saturated carbocycles. The van der Waals surface area contributed by atoms with E-state index in [0.29, 0.717) is 29.9 Å². The van der Waals surface area contributed by atoms with Gasteiger partial charge in [0.1, 0.15) is 6.61 Å².